The van der Waals surface area contributed by atoms with E-state index in [1.807, 2.05) is 0 Å². The van der Waals surface area contributed by atoms with Crippen molar-refractivity contribution in [2.45, 2.75) is 245 Å². The van der Waals surface area contributed by atoms with Gasteiger partial charge in [0, 0.05) is 19.3 Å². The Kier molecular flexibility index (Phi) is 56.0. The molecule has 0 spiro atoms. The molecule has 1 atom stereocenters. The van der Waals surface area contributed by atoms with E-state index in [-0.39, 0.29) is 31.1 Å². The molecule has 1 unspecified atom stereocenters. The van der Waals surface area contributed by atoms with Crippen LogP contribution in [0.4, 0.5) is 0 Å². The van der Waals surface area contributed by atoms with E-state index < -0.39 is 6.10 Å². The number of rotatable bonds is 51. The van der Waals surface area contributed by atoms with Crippen LogP contribution < -0.4 is 0 Å². The van der Waals surface area contributed by atoms with Crippen LogP contribution in [-0.2, 0) is 28.6 Å². The lowest BCUT2D eigenvalue weighted by Crippen LogP contribution is -2.30. The minimum Gasteiger partial charge on any atom is -0.462 e. The molecule has 0 rings (SSSR count). The Hall–Kier alpha value is -4.71. The topological polar surface area (TPSA) is 78.9 Å². The standard InChI is InChI=1S/C67H106O6/c1-4-7-10-13-16-19-22-25-26-27-28-29-30-31-32-33-34-35-36-37-38-39-40-43-45-48-51-54-57-60-66(69)72-63-64(73-67(70)61-58-55-52-49-46-42-24-21-18-15-12-9-6-3)62-71-65(68)59-56-53-50-47-44-41-23-20-17-14-11-8-5-2/h7,10-12,14-16,19-21,23-26,28-29,31-32,34-35,37-38,40,43,64H,4-6,8-9,13,17-18,22,27,30,33,36,39,41-42,44-63H2,1-3H3/b10-7-,14-11-,15-12-,19-16-,23-20-,24-21-,26-25-,29-28-,32-31-,35-34-,38-37-,43-40-. The zero-order valence-electron chi connectivity index (χ0n) is 46.8. The van der Waals surface area contributed by atoms with Crippen LogP contribution in [-0.4, -0.2) is 37.2 Å². The lowest BCUT2D eigenvalue weighted by Gasteiger charge is -2.18. The fourth-order valence-electron chi connectivity index (χ4n) is 7.41. The Bertz CT molecular complexity index is 1630. The number of hydrogen-bond donors (Lipinski definition) is 0. The van der Waals surface area contributed by atoms with Crippen molar-refractivity contribution < 1.29 is 28.6 Å². The van der Waals surface area contributed by atoms with Crippen LogP contribution in [0.25, 0.3) is 0 Å². The molecule has 0 aromatic rings. The second-order valence-corrected chi connectivity index (χ2v) is 18.8. The highest BCUT2D eigenvalue weighted by molar-refractivity contribution is 5.71. The number of carbonyl (C=O) groups is 3. The average molecular weight is 1010 g/mol. The van der Waals surface area contributed by atoms with Crippen molar-refractivity contribution in [3.8, 4) is 0 Å². The molecule has 0 saturated carbocycles. The molecular weight excluding hydrogens is 901 g/mol. The van der Waals surface area contributed by atoms with Gasteiger partial charge in [-0.3, -0.25) is 14.4 Å². The molecule has 0 heterocycles. The van der Waals surface area contributed by atoms with E-state index in [0.717, 1.165) is 186 Å². The number of allylic oxidation sites excluding steroid dienone is 24. The summed E-state index contributed by atoms with van der Waals surface area (Å²) in [5.74, 6) is -0.965. The van der Waals surface area contributed by atoms with E-state index in [1.165, 1.54) is 12.8 Å². The summed E-state index contributed by atoms with van der Waals surface area (Å²) < 4.78 is 16.8. The molecule has 73 heavy (non-hydrogen) atoms. The van der Waals surface area contributed by atoms with Gasteiger partial charge in [-0.2, -0.15) is 0 Å². The number of hydrogen-bond acceptors (Lipinski definition) is 6. The highest BCUT2D eigenvalue weighted by Gasteiger charge is 2.19. The predicted octanol–water partition coefficient (Wildman–Crippen LogP) is 20.0. The Labute approximate surface area is 448 Å². The van der Waals surface area contributed by atoms with Gasteiger partial charge >= 0.3 is 17.9 Å². The van der Waals surface area contributed by atoms with Gasteiger partial charge in [-0.15, -0.1) is 0 Å². The summed E-state index contributed by atoms with van der Waals surface area (Å²) in [4.78, 5) is 38.1. The maximum absolute atomic E-state index is 12.8. The Morgan fingerprint density at radius 2 is 0.534 bits per heavy atom. The maximum Gasteiger partial charge on any atom is 0.306 e. The highest BCUT2D eigenvalue weighted by atomic mass is 16.6. The zero-order chi connectivity index (χ0) is 52.9. The number of esters is 3. The Balaban J connectivity index is 4.38. The van der Waals surface area contributed by atoms with E-state index in [4.69, 9.17) is 14.2 Å². The number of carbonyl (C=O) groups excluding carboxylic acids is 3. The van der Waals surface area contributed by atoms with Gasteiger partial charge in [0.25, 0.3) is 0 Å². The van der Waals surface area contributed by atoms with E-state index in [0.29, 0.717) is 19.3 Å². The first-order valence-electron chi connectivity index (χ1n) is 29.3. The number of unbranched alkanes of at least 4 members (excludes halogenated alkanes) is 16. The fourth-order valence-corrected chi connectivity index (χ4v) is 7.41. The average Bonchev–Trinajstić information content (AvgIpc) is 3.39. The van der Waals surface area contributed by atoms with Gasteiger partial charge in [0.1, 0.15) is 13.2 Å². The number of ether oxygens (including phenoxy) is 3. The molecule has 410 valence electrons. The van der Waals surface area contributed by atoms with Gasteiger partial charge < -0.3 is 14.2 Å². The summed E-state index contributed by atoms with van der Waals surface area (Å²) in [6.07, 6.45) is 85.6. The normalized spacial score (nSPS) is 13.2. The first-order valence-corrected chi connectivity index (χ1v) is 29.3. The smallest absolute Gasteiger partial charge is 0.306 e. The first kappa shape index (κ1) is 68.3. The predicted molar refractivity (Wildman–Crippen MR) is 315 cm³/mol. The monoisotopic (exact) mass is 1010 g/mol. The molecule has 0 fully saturated rings. The summed E-state index contributed by atoms with van der Waals surface area (Å²) in [5.41, 5.74) is 0. The van der Waals surface area contributed by atoms with E-state index >= 15 is 0 Å². The summed E-state index contributed by atoms with van der Waals surface area (Å²) in [5, 5.41) is 0. The molecule has 0 aliphatic heterocycles. The molecule has 0 bridgehead atoms. The Morgan fingerprint density at radius 1 is 0.288 bits per heavy atom. The van der Waals surface area contributed by atoms with Crippen LogP contribution in [0, 0.1) is 0 Å². The van der Waals surface area contributed by atoms with Crippen LogP contribution in [0.1, 0.15) is 239 Å². The van der Waals surface area contributed by atoms with Crippen molar-refractivity contribution in [2.75, 3.05) is 13.2 Å². The molecule has 0 radical (unpaired) electrons. The van der Waals surface area contributed by atoms with E-state index in [2.05, 4.69) is 167 Å². The SMILES string of the molecule is CC/C=C\C/C=C\C/C=C\C/C=C\C/C=C\C/C=C\C/C=C\C/C=C\CCCCCCC(=O)OCC(COC(=O)CCCCCCC/C=C\C/C=C\CCC)OC(=O)CCCCCCC/C=C\C/C=C\CCC. The van der Waals surface area contributed by atoms with Gasteiger partial charge in [0.2, 0.25) is 0 Å². The largest absolute Gasteiger partial charge is 0.462 e. The van der Waals surface area contributed by atoms with Crippen molar-refractivity contribution >= 4 is 17.9 Å². The third kappa shape index (κ3) is 58.1. The minimum absolute atomic E-state index is 0.105. The molecule has 0 N–H and O–H groups in total. The van der Waals surface area contributed by atoms with Crippen molar-refractivity contribution in [3.63, 3.8) is 0 Å². The molecule has 6 nitrogen and oxygen atoms in total. The quantitative estimate of drug-likeness (QED) is 0.0261. The second kappa shape index (κ2) is 59.8. The molecule has 0 aliphatic rings. The minimum atomic E-state index is -0.808. The molecule has 6 heteroatoms. The van der Waals surface area contributed by atoms with Crippen LogP contribution in [0.2, 0.25) is 0 Å². The van der Waals surface area contributed by atoms with Crippen molar-refractivity contribution in [1.29, 1.82) is 0 Å². The van der Waals surface area contributed by atoms with Crippen molar-refractivity contribution in [1.82, 2.24) is 0 Å². The van der Waals surface area contributed by atoms with Crippen LogP contribution >= 0.6 is 0 Å². The second-order valence-electron chi connectivity index (χ2n) is 18.8. The first-order chi connectivity index (χ1) is 36.0. The summed E-state index contributed by atoms with van der Waals surface area (Å²) in [6, 6.07) is 0. The summed E-state index contributed by atoms with van der Waals surface area (Å²) in [7, 11) is 0. The van der Waals surface area contributed by atoms with Gasteiger partial charge in [-0.25, -0.2) is 0 Å². The zero-order valence-corrected chi connectivity index (χ0v) is 46.8. The van der Waals surface area contributed by atoms with E-state index in [1.54, 1.807) is 0 Å². The highest BCUT2D eigenvalue weighted by Crippen LogP contribution is 2.13. The van der Waals surface area contributed by atoms with Gasteiger partial charge in [-0.05, 0) is 135 Å². The lowest BCUT2D eigenvalue weighted by atomic mass is 10.1. The van der Waals surface area contributed by atoms with Crippen LogP contribution in [0.3, 0.4) is 0 Å². The molecule has 0 aromatic carbocycles. The Morgan fingerprint density at radius 3 is 0.836 bits per heavy atom. The van der Waals surface area contributed by atoms with Crippen molar-refractivity contribution in [3.05, 3.63) is 146 Å². The van der Waals surface area contributed by atoms with Crippen LogP contribution in [0.5, 0.6) is 0 Å². The summed E-state index contributed by atoms with van der Waals surface area (Å²) in [6.45, 7) is 6.33. The fraction of sp³-hybridized carbons (Fsp3) is 0.597. The van der Waals surface area contributed by atoms with Crippen molar-refractivity contribution in [2.24, 2.45) is 0 Å². The molecule has 0 saturated heterocycles. The third-order valence-corrected chi connectivity index (χ3v) is 11.8. The molecule has 0 amide bonds. The summed E-state index contributed by atoms with van der Waals surface area (Å²) >= 11 is 0. The van der Waals surface area contributed by atoms with Gasteiger partial charge in [-0.1, -0.05) is 231 Å². The van der Waals surface area contributed by atoms with Crippen LogP contribution in [0.15, 0.2) is 146 Å². The molecule has 0 aromatic heterocycles. The van der Waals surface area contributed by atoms with E-state index in [9.17, 15) is 14.4 Å². The third-order valence-electron chi connectivity index (χ3n) is 11.8. The van der Waals surface area contributed by atoms with Gasteiger partial charge in [0.05, 0.1) is 0 Å². The molecular formula is C67H106O6. The maximum atomic E-state index is 12.8. The lowest BCUT2D eigenvalue weighted by molar-refractivity contribution is -0.167. The van der Waals surface area contributed by atoms with Gasteiger partial charge in [0.15, 0.2) is 6.10 Å². The molecule has 0 aliphatic carbocycles.